The molecule has 0 unspecified atom stereocenters. The Morgan fingerprint density at radius 3 is 2.33 bits per heavy atom. The number of primary sulfonamides is 1. The number of nitrogens with one attached hydrogen (secondary N) is 1. The molecule has 0 saturated heterocycles. The van der Waals surface area contributed by atoms with Gasteiger partial charge in [0.05, 0.1) is 18.6 Å². The first-order chi connectivity index (χ1) is 9.55. The fourth-order valence-corrected chi connectivity index (χ4v) is 3.68. The highest BCUT2D eigenvalue weighted by molar-refractivity contribution is 7.92. The maximum Gasteiger partial charge on any atom is 0.241 e. The Morgan fingerprint density at radius 1 is 1.24 bits per heavy atom. The maximum atomic E-state index is 11.9. The predicted octanol–water partition coefficient (Wildman–Crippen LogP) is 1.13. The first kappa shape index (κ1) is 17.7. The van der Waals surface area contributed by atoms with Crippen molar-refractivity contribution in [3.05, 3.63) is 18.2 Å². The van der Waals surface area contributed by atoms with Crippen LogP contribution in [0.4, 0.5) is 5.69 Å². The van der Waals surface area contributed by atoms with Crippen LogP contribution < -0.4 is 14.6 Å². The fourth-order valence-electron chi connectivity index (χ4n) is 1.58. The highest BCUT2D eigenvalue weighted by Gasteiger charge is 2.18. The molecular formula is C12H20N2O5S2. The molecular weight excluding hydrogens is 316 g/mol. The number of ether oxygens (including phenoxy) is 1. The molecule has 0 aliphatic rings. The van der Waals surface area contributed by atoms with Crippen LogP contribution >= 0.6 is 0 Å². The Bertz CT molecular complexity index is 696. The molecule has 1 aromatic rings. The highest BCUT2D eigenvalue weighted by atomic mass is 32.2. The van der Waals surface area contributed by atoms with Crippen molar-refractivity contribution in [2.24, 2.45) is 11.1 Å². The summed E-state index contributed by atoms with van der Waals surface area (Å²) in [6, 6.07) is 3.90. The molecule has 0 aliphatic heterocycles. The second kappa shape index (κ2) is 6.63. The SMILES string of the molecule is COc1ccc(NS(=O)(=O)CCC(C)C)cc1S(N)(=O)=O. The zero-order chi connectivity index (χ0) is 16.3. The number of sulfonamides is 2. The van der Waals surface area contributed by atoms with Crippen LogP contribution in [0.15, 0.2) is 23.1 Å². The number of anilines is 1. The summed E-state index contributed by atoms with van der Waals surface area (Å²) in [5, 5.41) is 5.08. The van der Waals surface area contributed by atoms with Crippen molar-refractivity contribution in [2.45, 2.75) is 25.2 Å². The van der Waals surface area contributed by atoms with Gasteiger partial charge in [0, 0.05) is 0 Å². The summed E-state index contributed by atoms with van der Waals surface area (Å²) in [6.45, 7) is 3.84. The van der Waals surface area contributed by atoms with Crippen molar-refractivity contribution in [2.75, 3.05) is 17.6 Å². The first-order valence-corrected chi connectivity index (χ1v) is 9.46. The molecule has 0 fully saturated rings. The van der Waals surface area contributed by atoms with E-state index < -0.39 is 20.0 Å². The van der Waals surface area contributed by atoms with Gasteiger partial charge in [0.2, 0.25) is 20.0 Å². The van der Waals surface area contributed by atoms with E-state index >= 15 is 0 Å². The summed E-state index contributed by atoms with van der Waals surface area (Å²) in [4.78, 5) is -0.269. The average molecular weight is 336 g/mol. The van der Waals surface area contributed by atoms with E-state index in [1.54, 1.807) is 0 Å². The van der Waals surface area contributed by atoms with E-state index in [1.807, 2.05) is 13.8 Å². The van der Waals surface area contributed by atoms with Crippen molar-refractivity contribution in [3.8, 4) is 5.75 Å². The topological polar surface area (TPSA) is 116 Å². The molecule has 0 aliphatic carbocycles. The summed E-state index contributed by atoms with van der Waals surface area (Å²) in [7, 11) is -6.25. The molecule has 3 N–H and O–H groups in total. The van der Waals surface area contributed by atoms with Crippen molar-refractivity contribution < 1.29 is 21.6 Å². The molecule has 7 nitrogen and oxygen atoms in total. The standard InChI is InChI=1S/C12H20N2O5S2/c1-9(2)6-7-20(15,16)14-10-4-5-11(19-3)12(8-10)21(13,17)18/h4-5,8-9,14H,6-7H2,1-3H3,(H2,13,17,18). The average Bonchev–Trinajstić information content (AvgIpc) is 2.35. The van der Waals surface area contributed by atoms with Gasteiger partial charge in [-0.1, -0.05) is 13.8 Å². The lowest BCUT2D eigenvalue weighted by molar-refractivity contribution is 0.403. The molecule has 1 rings (SSSR count). The Kier molecular flexibility index (Phi) is 5.60. The van der Waals surface area contributed by atoms with Gasteiger partial charge in [-0.15, -0.1) is 0 Å². The normalized spacial score (nSPS) is 12.4. The van der Waals surface area contributed by atoms with E-state index in [4.69, 9.17) is 9.88 Å². The number of methoxy groups -OCH3 is 1. The Morgan fingerprint density at radius 2 is 1.86 bits per heavy atom. The number of hydrogen-bond acceptors (Lipinski definition) is 5. The monoisotopic (exact) mass is 336 g/mol. The second-order valence-corrected chi connectivity index (χ2v) is 8.39. The molecule has 0 atom stereocenters. The summed E-state index contributed by atoms with van der Waals surface area (Å²) < 4.78 is 54.0. The van der Waals surface area contributed by atoms with Gasteiger partial charge in [-0.05, 0) is 30.5 Å². The highest BCUT2D eigenvalue weighted by Crippen LogP contribution is 2.26. The number of nitrogens with two attached hydrogens (primary N) is 1. The largest absolute Gasteiger partial charge is 0.495 e. The van der Waals surface area contributed by atoms with Crippen LogP contribution in [0.3, 0.4) is 0 Å². The number of hydrogen-bond donors (Lipinski definition) is 2. The lowest BCUT2D eigenvalue weighted by Gasteiger charge is -2.12. The third kappa shape index (κ3) is 5.52. The van der Waals surface area contributed by atoms with Gasteiger partial charge < -0.3 is 4.74 Å². The molecule has 21 heavy (non-hydrogen) atoms. The summed E-state index contributed by atoms with van der Waals surface area (Å²) in [6.07, 6.45) is 0.507. The van der Waals surface area contributed by atoms with Gasteiger partial charge in [0.1, 0.15) is 10.6 Å². The Labute approximate surface area is 125 Å². The summed E-state index contributed by atoms with van der Waals surface area (Å²) in [5.74, 6) is 0.265. The molecule has 0 aromatic heterocycles. The van der Waals surface area contributed by atoms with Gasteiger partial charge in [0.15, 0.2) is 0 Å². The van der Waals surface area contributed by atoms with Gasteiger partial charge >= 0.3 is 0 Å². The van der Waals surface area contributed by atoms with E-state index in [-0.39, 0.29) is 28.0 Å². The van der Waals surface area contributed by atoms with Crippen LogP contribution in [-0.2, 0) is 20.0 Å². The molecule has 0 heterocycles. The molecule has 1 aromatic carbocycles. The van der Waals surface area contributed by atoms with Gasteiger partial charge in [-0.2, -0.15) is 0 Å². The van der Waals surface area contributed by atoms with Crippen LogP contribution in [0.25, 0.3) is 0 Å². The van der Waals surface area contributed by atoms with Gasteiger partial charge in [-0.3, -0.25) is 4.72 Å². The first-order valence-electron chi connectivity index (χ1n) is 6.26. The lowest BCUT2D eigenvalue weighted by atomic mass is 10.2. The molecule has 9 heteroatoms. The van der Waals surface area contributed by atoms with Crippen molar-refractivity contribution >= 4 is 25.7 Å². The molecule has 0 bridgehead atoms. The van der Waals surface area contributed by atoms with Crippen LogP contribution in [0.1, 0.15) is 20.3 Å². The number of rotatable bonds is 7. The summed E-state index contributed by atoms with van der Waals surface area (Å²) in [5.41, 5.74) is 0.128. The molecule has 0 spiro atoms. The van der Waals surface area contributed by atoms with Crippen LogP contribution in [0.2, 0.25) is 0 Å². The Hall–Kier alpha value is -1.32. The van der Waals surface area contributed by atoms with Crippen LogP contribution in [0.5, 0.6) is 5.75 Å². The maximum absolute atomic E-state index is 11.9. The minimum Gasteiger partial charge on any atom is -0.495 e. The molecule has 0 amide bonds. The zero-order valence-electron chi connectivity index (χ0n) is 12.2. The predicted molar refractivity (Wildman–Crippen MR) is 81.2 cm³/mol. The van der Waals surface area contributed by atoms with Crippen molar-refractivity contribution in [1.29, 1.82) is 0 Å². The summed E-state index contributed by atoms with van der Waals surface area (Å²) >= 11 is 0. The minimum atomic E-state index is -4.01. The van der Waals surface area contributed by atoms with Crippen LogP contribution in [0, 0.1) is 5.92 Å². The van der Waals surface area contributed by atoms with Crippen molar-refractivity contribution in [3.63, 3.8) is 0 Å². The lowest BCUT2D eigenvalue weighted by Crippen LogP contribution is -2.19. The second-order valence-electron chi connectivity index (χ2n) is 5.01. The molecule has 120 valence electrons. The van der Waals surface area contributed by atoms with Gasteiger partial charge in [-0.25, -0.2) is 22.0 Å². The fraction of sp³-hybridized carbons (Fsp3) is 0.500. The van der Waals surface area contributed by atoms with E-state index in [9.17, 15) is 16.8 Å². The third-order valence-corrected chi connectivity index (χ3v) is 4.96. The molecule has 0 saturated carbocycles. The van der Waals surface area contributed by atoms with Crippen molar-refractivity contribution in [1.82, 2.24) is 0 Å². The van der Waals surface area contributed by atoms with Gasteiger partial charge in [0.25, 0.3) is 0 Å². The third-order valence-electron chi connectivity index (χ3n) is 2.71. The zero-order valence-corrected chi connectivity index (χ0v) is 13.8. The number of benzene rings is 1. The Balaban J connectivity index is 3.06. The van der Waals surface area contributed by atoms with E-state index in [2.05, 4.69) is 4.72 Å². The minimum absolute atomic E-state index is 0.0403. The van der Waals surface area contributed by atoms with Crippen LogP contribution in [-0.4, -0.2) is 29.7 Å². The van der Waals surface area contributed by atoms with E-state index in [0.717, 1.165) is 6.07 Å². The van der Waals surface area contributed by atoms with E-state index in [1.165, 1.54) is 19.2 Å². The van der Waals surface area contributed by atoms with E-state index in [0.29, 0.717) is 6.42 Å². The molecule has 0 radical (unpaired) electrons. The smallest absolute Gasteiger partial charge is 0.241 e. The quantitative estimate of drug-likeness (QED) is 0.774.